The molecule has 0 spiro atoms. The number of ether oxygens (including phenoxy) is 1. The van der Waals surface area contributed by atoms with E-state index in [4.69, 9.17) is 9.84 Å². The van der Waals surface area contributed by atoms with Gasteiger partial charge in [0.25, 0.3) is 0 Å². The van der Waals surface area contributed by atoms with Gasteiger partial charge in [-0.1, -0.05) is 37.3 Å². The fourth-order valence-electron chi connectivity index (χ4n) is 3.13. The van der Waals surface area contributed by atoms with Gasteiger partial charge in [-0.15, -0.1) is 0 Å². The highest BCUT2D eigenvalue weighted by Gasteiger charge is 2.31. The predicted molar refractivity (Wildman–Crippen MR) is 107 cm³/mol. The largest absolute Gasteiger partial charge is 0.481 e. The first-order valence-corrected chi connectivity index (χ1v) is 10.8. The monoisotopic (exact) mass is 403 g/mol. The van der Waals surface area contributed by atoms with Crippen molar-refractivity contribution < 1.29 is 23.1 Å². The Labute approximate surface area is 165 Å². The summed E-state index contributed by atoms with van der Waals surface area (Å²) in [5, 5.41) is 8.79. The van der Waals surface area contributed by atoms with Gasteiger partial charge >= 0.3 is 5.97 Å². The van der Waals surface area contributed by atoms with E-state index in [-0.39, 0.29) is 12.5 Å². The van der Waals surface area contributed by atoms with E-state index in [0.29, 0.717) is 30.9 Å². The number of rotatable bonds is 9. The number of carbonyl (C=O) groups is 1. The molecule has 6 nitrogen and oxygen atoms in total. The molecular formula is C21H25NO5S. The first-order valence-electron chi connectivity index (χ1n) is 9.33. The normalized spacial score (nSPS) is 16.3. The summed E-state index contributed by atoms with van der Waals surface area (Å²) in [5.74, 6) is -0.813. The van der Waals surface area contributed by atoms with Gasteiger partial charge < -0.3 is 9.84 Å². The minimum Gasteiger partial charge on any atom is -0.481 e. The maximum absolute atomic E-state index is 12.9. The van der Waals surface area contributed by atoms with E-state index >= 15 is 0 Å². The van der Waals surface area contributed by atoms with E-state index in [2.05, 4.69) is 0 Å². The first kappa shape index (κ1) is 20.5. The highest BCUT2D eigenvalue weighted by molar-refractivity contribution is 7.89. The maximum atomic E-state index is 12.9. The Morgan fingerprint density at radius 1 is 1.18 bits per heavy atom. The summed E-state index contributed by atoms with van der Waals surface area (Å²) in [5.41, 5.74) is 3.65. The number of sulfonamides is 1. The Hall–Kier alpha value is -2.22. The lowest BCUT2D eigenvalue weighted by atomic mass is 10.00. The van der Waals surface area contributed by atoms with Crippen molar-refractivity contribution in [1.82, 2.24) is 4.31 Å². The summed E-state index contributed by atoms with van der Waals surface area (Å²) >= 11 is 0. The van der Waals surface area contributed by atoms with Crippen LogP contribution in [0.15, 0.2) is 47.4 Å². The molecule has 7 heteroatoms. The number of nitrogens with zero attached hydrogens (tertiary/aromatic N) is 1. The van der Waals surface area contributed by atoms with Crippen LogP contribution in [0.4, 0.5) is 0 Å². The van der Waals surface area contributed by atoms with Gasteiger partial charge in [-0.3, -0.25) is 4.79 Å². The molecule has 2 aromatic carbocycles. The van der Waals surface area contributed by atoms with Crippen molar-refractivity contribution >= 4 is 16.0 Å². The van der Waals surface area contributed by atoms with Crippen LogP contribution in [-0.4, -0.2) is 50.1 Å². The third-order valence-electron chi connectivity index (χ3n) is 4.91. The van der Waals surface area contributed by atoms with Gasteiger partial charge in [0, 0.05) is 20.0 Å². The lowest BCUT2D eigenvalue weighted by Crippen LogP contribution is -2.31. The molecule has 1 fully saturated rings. The Kier molecular flexibility index (Phi) is 6.17. The summed E-state index contributed by atoms with van der Waals surface area (Å²) in [7, 11) is -1.98. The number of carboxylic acids is 1. The number of hydrogen-bond donors (Lipinski definition) is 1. The molecule has 0 bridgehead atoms. The van der Waals surface area contributed by atoms with Crippen molar-refractivity contribution in [3.63, 3.8) is 0 Å². The highest BCUT2D eigenvalue weighted by Crippen LogP contribution is 2.28. The van der Waals surface area contributed by atoms with Crippen molar-refractivity contribution in [2.24, 2.45) is 0 Å². The van der Waals surface area contributed by atoms with E-state index in [9.17, 15) is 13.2 Å². The van der Waals surface area contributed by atoms with Crippen LogP contribution in [0.1, 0.15) is 24.5 Å². The van der Waals surface area contributed by atoms with E-state index in [1.807, 2.05) is 43.3 Å². The lowest BCUT2D eigenvalue weighted by molar-refractivity contribution is -0.136. The molecule has 0 unspecified atom stereocenters. The second kappa shape index (κ2) is 8.43. The molecule has 1 heterocycles. The van der Waals surface area contributed by atoms with Gasteiger partial charge in [0.15, 0.2) is 0 Å². The molecule has 28 heavy (non-hydrogen) atoms. The predicted octanol–water partition coefficient (Wildman–Crippen LogP) is 2.95. The zero-order valence-electron chi connectivity index (χ0n) is 16.1. The molecule has 0 saturated carbocycles. The number of epoxide rings is 1. The molecule has 0 aliphatic carbocycles. The van der Waals surface area contributed by atoms with Gasteiger partial charge in [0.05, 0.1) is 17.6 Å². The summed E-state index contributed by atoms with van der Waals surface area (Å²) < 4.78 is 32.3. The standard InChI is InChI=1S/C21H25NO5S/c1-3-16-12-18(17-7-4-15(5-8-17)6-11-21(23)24)9-10-20(16)28(25,26)22(2)13-19-14-27-19/h4-5,7-10,12,19H,3,6,11,13-14H2,1-2H3,(H,23,24)/t19-/m0/s1. The van der Waals surface area contributed by atoms with Crippen molar-refractivity contribution in [3.05, 3.63) is 53.6 Å². The maximum Gasteiger partial charge on any atom is 0.303 e. The van der Waals surface area contributed by atoms with Crippen molar-refractivity contribution in [1.29, 1.82) is 0 Å². The third-order valence-corrected chi connectivity index (χ3v) is 6.83. The molecule has 0 radical (unpaired) electrons. The number of aryl methyl sites for hydroxylation is 2. The Morgan fingerprint density at radius 2 is 1.82 bits per heavy atom. The average molecular weight is 404 g/mol. The van der Waals surface area contributed by atoms with E-state index < -0.39 is 16.0 Å². The summed E-state index contributed by atoms with van der Waals surface area (Å²) in [4.78, 5) is 11.0. The van der Waals surface area contributed by atoms with Crippen molar-refractivity contribution in [3.8, 4) is 11.1 Å². The zero-order chi connectivity index (χ0) is 20.3. The summed E-state index contributed by atoms with van der Waals surface area (Å²) in [6, 6.07) is 13.1. The zero-order valence-corrected chi connectivity index (χ0v) is 16.9. The number of carboxylic acid groups (broad SMARTS) is 1. The molecular weight excluding hydrogens is 378 g/mol. The molecule has 1 saturated heterocycles. The van der Waals surface area contributed by atoms with Crippen LogP contribution in [0, 0.1) is 0 Å². The van der Waals surface area contributed by atoms with Crippen LogP contribution in [0.3, 0.4) is 0 Å². The van der Waals surface area contributed by atoms with Crippen molar-refractivity contribution in [2.75, 3.05) is 20.2 Å². The van der Waals surface area contributed by atoms with E-state index in [1.165, 1.54) is 4.31 Å². The minimum absolute atomic E-state index is 0.00349. The fraction of sp³-hybridized carbons (Fsp3) is 0.381. The number of hydrogen-bond acceptors (Lipinski definition) is 4. The van der Waals surface area contributed by atoms with Crippen molar-refractivity contribution in [2.45, 2.75) is 37.2 Å². The minimum atomic E-state index is -3.56. The molecule has 1 aliphatic rings. The van der Waals surface area contributed by atoms with Crippen LogP contribution in [0.25, 0.3) is 11.1 Å². The van der Waals surface area contributed by atoms with Crippen LogP contribution < -0.4 is 0 Å². The summed E-state index contributed by atoms with van der Waals surface area (Å²) in [6.07, 6.45) is 1.20. The van der Waals surface area contributed by atoms with Crippen LogP contribution >= 0.6 is 0 Å². The highest BCUT2D eigenvalue weighted by atomic mass is 32.2. The Balaban J connectivity index is 1.83. The fourth-order valence-corrected chi connectivity index (χ4v) is 4.60. The Bertz CT molecular complexity index is 949. The molecule has 2 aromatic rings. The molecule has 1 aliphatic heterocycles. The first-order chi connectivity index (χ1) is 13.3. The third kappa shape index (κ3) is 4.79. The number of benzene rings is 2. The number of likely N-dealkylation sites (N-methyl/N-ethyl adjacent to an activating group) is 1. The molecule has 0 aromatic heterocycles. The van der Waals surface area contributed by atoms with Crippen LogP contribution in [0.2, 0.25) is 0 Å². The van der Waals surface area contributed by atoms with Crippen LogP contribution in [-0.2, 0) is 32.4 Å². The molecule has 3 rings (SSSR count). The second-order valence-electron chi connectivity index (χ2n) is 7.01. The Morgan fingerprint density at radius 3 is 2.39 bits per heavy atom. The van der Waals surface area contributed by atoms with Gasteiger partial charge in [-0.25, -0.2) is 8.42 Å². The SMILES string of the molecule is CCc1cc(-c2ccc(CCC(=O)O)cc2)ccc1S(=O)(=O)N(C)C[C@H]1CO1. The summed E-state index contributed by atoms with van der Waals surface area (Å²) in [6.45, 7) is 2.92. The second-order valence-corrected chi connectivity index (χ2v) is 9.02. The molecule has 0 amide bonds. The smallest absolute Gasteiger partial charge is 0.303 e. The van der Waals surface area contributed by atoms with Gasteiger partial charge in [-0.05, 0) is 47.2 Å². The number of aliphatic carboxylic acids is 1. The molecule has 1 atom stereocenters. The molecule has 150 valence electrons. The quantitative estimate of drug-likeness (QED) is 0.651. The van der Waals surface area contributed by atoms with Crippen LogP contribution in [0.5, 0.6) is 0 Å². The van der Waals surface area contributed by atoms with E-state index in [0.717, 1.165) is 22.3 Å². The van der Waals surface area contributed by atoms with Gasteiger partial charge in [-0.2, -0.15) is 4.31 Å². The van der Waals surface area contributed by atoms with E-state index in [1.54, 1.807) is 13.1 Å². The topological polar surface area (TPSA) is 87.2 Å². The van der Waals surface area contributed by atoms with Gasteiger partial charge in [0.1, 0.15) is 0 Å². The lowest BCUT2D eigenvalue weighted by Gasteiger charge is -2.19. The van der Waals surface area contributed by atoms with Gasteiger partial charge in [0.2, 0.25) is 10.0 Å². The average Bonchev–Trinajstić information content (AvgIpc) is 3.50. The molecule has 1 N–H and O–H groups in total.